The molecule has 0 saturated heterocycles. The number of nitrogens with one attached hydrogen (secondary N) is 1. The molecule has 1 unspecified atom stereocenters. The van der Waals surface area contributed by atoms with Gasteiger partial charge in [-0.1, -0.05) is 38.1 Å². The Kier molecular flexibility index (Phi) is 7.01. The monoisotopic (exact) mass is 359 g/mol. The van der Waals surface area contributed by atoms with E-state index in [2.05, 4.69) is 5.32 Å². The smallest absolute Gasteiger partial charge is 0.227 e. The van der Waals surface area contributed by atoms with Crippen LogP contribution in [0.4, 0.5) is 4.39 Å². The number of hydrogen-bond donors (Lipinski definition) is 1. The summed E-state index contributed by atoms with van der Waals surface area (Å²) in [6, 6.07) is 12.1. The quantitative estimate of drug-likeness (QED) is 0.777. The van der Waals surface area contributed by atoms with Crippen molar-refractivity contribution in [3.8, 4) is 11.5 Å². The van der Waals surface area contributed by atoms with Crippen molar-refractivity contribution >= 4 is 5.91 Å². The Hall–Kier alpha value is -2.56. The van der Waals surface area contributed by atoms with Crippen LogP contribution >= 0.6 is 0 Å². The van der Waals surface area contributed by atoms with Crippen LogP contribution in [-0.4, -0.2) is 26.7 Å². The fourth-order valence-corrected chi connectivity index (χ4v) is 3.02. The van der Waals surface area contributed by atoms with E-state index in [9.17, 15) is 9.18 Å². The minimum absolute atomic E-state index is 0.0800. The maximum atomic E-state index is 13.7. The number of ether oxygens (including phenoxy) is 2. The SMILES string of the molecule is COc1ccc(C(C(=O)NCCc2ccccc2F)C(C)C)cc1OC. The summed E-state index contributed by atoms with van der Waals surface area (Å²) >= 11 is 0. The number of halogens is 1. The number of amides is 1. The topological polar surface area (TPSA) is 47.6 Å². The summed E-state index contributed by atoms with van der Waals surface area (Å²) in [5.74, 6) is 0.663. The van der Waals surface area contributed by atoms with Gasteiger partial charge in [0.1, 0.15) is 5.82 Å². The molecule has 1 amide bonds. The number of carbonyl (C=O) groups excluding carboxylic acids is 1. The molecule has 0 spiro atoms. The molecule has 0 saturated carbocycles. The first-order valence-corrected chi connectivity index (χ1v) is 8.71. The van der Waals surface area contributed by atoms with E-state index >= 15 is 0 Å². The summed E-state index contributed by atoms with van der Waals surface area (Å²) in [6.45, 7) is 4.38. The summed E-state index contributed by atoms with van der Waals surface area (Å²) in [5, 5.41) is 2.93. The highest BCUT2D eigenvalue weighted by Crippen LogP contribution is 2.33. The lowest BCUT2D eigenvalue weighted by atomic mass is 9.87. The second-order valence-corrected chi connectivity index (χ2v) is 6.47. The highest BCUT2D eigenvalue weighted by Gasteiger charge is 2.25. The lowest BCUT2D eigenvalue weighted by Gasteiger charge is -2.22. The number of benzene rings is 2. The third kappa shape index (κ3) is 4.75. The molecule has 0 aromatic heterocycles. The Morgan fingerprint density at radius 2 is 1.77 bits per heavy atom. The van der Waals surface area contributed by atoms with Crippen LogP contribution in [0.15, 0.2) is 42.5 Å². The first kappa shape index (κ1) is 19.8. The van der Waals surface area contributed by atoms with E-state index in [4.69, 9.17) is 9.47 Å². The number of methoxy groups -OCH3 is 2. The van der Waals surface area contributed by atoms with E-state index in [0.717, 1.165) is 5.56 Å². The van der Waals surface area contributed by atoms with Crippen LogP contribution in [0.1, 0.15) is 30.9 Å². The van der Waals surface area contributed by atoms with E-state index in [1.54, 1.807) is 38.5 Å². The summed E-state index contributed by atoms with van der Waals surface area (Å²) in [4.78, 5) is 12.7. The van der Waals surface area contributed by atoms with Crippen molar-refractivity contribution in [1.82, 2.24) is 5.32 Å². The zero-order chi connectivity index (χ0) is 19.1. The normalized spacial score (nSPS) is 11.9. The lowest BCUT2D eigenvalue weighted by Crippen LogP contribution is -2.33. The standard InChI is InChI=1S/C21H26FNO3/c1-14(2)20(16-9-10-18(25-3)19(13-16)26-4)21(24)23-12-11-15-7-5-6-8-17(15)22/h5-10,13-14,20H,11-12H2,1-4H3,(H,23,24). The van der Waals surface area contributed by atoms with Crippen LogP contribution in [0.5, 0.6) is 11.5 Å². The molecule has 5 heteroatoms. The average molecular weight is 359 g/mol. The number of hydrogen-bond acceptors (Lipinski definition) is 3. The van der Waals surface area contributed by atoms with Crippen molar-refractivity contribution in [2.24, 2.45) is 5.92 Å². The average Bonchev–Trinajstić information content (AvgIpc) is 2.63. The van der Waals surface area contributed by atoms with E-state index in [-0.39, 0.29) is 23.6 Å². The van der Waals surface area contributed by atoms with Crippen LogP contribution in [0.2, 0.25) is 0 Å². The zero-order valence-electron chi connectivity index (χ0n) is 15.7. The van der Waals surface area contributed by atoms with Crippen LogP contribution in [0.25, 0.3) is 0 Å². The summed E-state index contributed by atoms with van der Waals surface area (Å²) < 4.78 is 24.3. The molecule has 0 heterocycles. The first-order chi connectivity index (χ1) is 12.5. The lowest BCUT2D eigenvalue weighted by molar-refractivity contribution is -0.123. The zero-order valence-corrected chi connectivity index (χ0v) is 15.7. The van der Waals surface area contributed by atoms with Gasteiger partial charge in [0.2, 0.25) is 5.91 Å². The van der Waals surface area contributed by atoms with E-state index in [1.807, 2.05) is 26.0 Å². The van der Waals surface area contributed by atoms with Gasteiger partial charge in [0.05, 0.1) is 20.1 Å². The molecule has 0 bridgehead atoms. The molecule has 2 aromatic carbocycles. The van der Waals surface area contributed by atoms with E-state index in [1.165, 1.54) is 6.07 Å². The second kappa shape index (κ2) is 9.22. The predicted molar refractivity (Wildman–Crippen MR) is 100 cm³/mol. The van der Waals surface area contributed by atoms with Gasteiger partial charge in [-0.25, -0.2) is 4.39 Å². The maximum Gasteiger partial charge on any atom is 0.227 e. The third-order valence-corrected chi connectivity index (χ3v) is 4.37. The molecule has 2 aromatic rings. The molecule has 1 atom stereocenters. The van der Waals surface area contributed by atoms with Crippen molar-refractivity contribution in [3.05, 3.63) is 59.4 Å². The van der Waals surface area contributed by atoms with Gasteiger partial charge in [0, 0.05) is 6.54 Å². The predicted octanol–water partition coefficient (Wildman–Crippen LogP) is 3.94. The van der Waals surface area contributed by atoms with Crippen LogP contribution < -0.4 is 14.8 Å². The van der Waals surface area contributed by atoms with E-state index < -0.39 is 0 Å². The Bertz CT molecular complexity index is 746. The Balaban J connectivity index is 2.09. The van der Waals surface area contributed by atoms with E-state index in [0.29, 0.717) is 30.0 Å². The van der Waals surface area contributed by atoms with Crippen LogP contribution in [0, 0.1) is 11.7 Å². The molecule has 26 heavy (non-hydrogen) atoms. The van der Waals surface area contributed by atoms with Gasteiger partial charge < -0.3 is 14.8 Å². The van der Waals surface area contributed by atoms with Crippen molar-refractivity contribution in [2.45, 2.75) is 26.2 Å². The Morgan fingerprint density at radius 1 is 1.08 bits per heavy atom. The van der Waals surface area contributed by atoms with Gasteiger partial charge in [0.25, 0.3) is 0 Å². The van der Waals surface area contributed by atoms with Crippen LogP contribution in [-0.2, 0) is 11.2 Å². The highest BCUT2D eigenvalue weighted by atomic mass is 19.1. The van der Waals surface area contributed by atoms with Gasteiger partial charge in [-0.15, -0.1) is 0 Å². The minimum atomic E-state index is -0.324. The fourth-order valence-electron chi connectivity index (χ4n) is 3.02. The van der Waals surface area contributed by atoms with Gasteiger partial charge in [0.15, 0.2) is 11.5 Å². The molecular weight excluding hydrogens is 333 g/mol. The largest absolute Gasteiger partial charge is 0.493 e. The minimum Gasteiger partial charge on any atom is -0.493 e. The molecule has 0 aliphatic rings. The molecule has 140 valence electrons. The molecule has 1 N–H and O–H groups in total. The van der Waals surface area contributed by atoms with Crippen molar-refractivity contribution in [1.29, 1.82) is 0 Å². The van der Waals surface area contributed by atoms with Gasteiger partial charge in [-0.05, 0) is 41.7 Å². The molecule has 0 radical (unpaired) electrons. The molecular formula is C21H26FNO3. The molecule has 0 aliphatic carbocycles. The van der Waals surface area contributed by atoms with Gasteiger partial charge in [-0.2, -0.15) is 0 Å². The Morgan fingerprint density at radius 3 is 2.38 bits per heavy atom. The molecule has 2 rings (SSSR count). The number of carbonyl (C=O) groups is 1. The fraction of sp³-hybridized carbons (Fsp3) is 0.381. The summed E-state index contributed by atoms with van der Waals surface area (Å²) in [5.41, 5.74) is 1.46. The van der Waals surface area contributed by atoms with Crippen molar-refractivity contribution in [2.75, 3.05) is 20.8 Å². The summed E-state index contributed by atoms with van der Waals surface area (Å²) in [6.07, 6.45) is 0.454. The van der Waals surface area contributed by atoms with Crippen molar-refractivity contribution < 1.29 is 18.7 Å². The third-order valence-electron chi connectivity index (χ3n) is 4.37. The van der Waals surface area contributed by atoms with Gasteiger partial charge in [-0.3, -0.25) is 4.79 Å². The Labute approximate surface area is 154 Å². The molecule has 0 aliphatic heterocycles. The number of rotatable bonds is 8. The van der Waals surface area contributed by atoms with Gasteiger partial charge >= 0.3 is 0 Å². The maximum absolute atomic E-state index is 13.7. The van der Waals surface area contributed by atoms with Crippen LogP contribution in [0.3, 0.4) is 0 Å². The van der Waals surface area contributed by atoms with Crippen molar-refractivity contribution in [3.63, 3.8) is 0 Å². The first-order valence-electron chi connectivity index (χ1n) is 8.71. The molecule has 4 nitrogen and oxygen atoms in total. The highest BCUT2D eigenvalue weighted by molar-refractivity contribution is 5.84. The second-order valence-electron chi connectivity index (χ2n) is 6.47. The molecule has 0 fully saturated rings. The summed E-state index contributed by atoms with van der Waals surface area (Å²) in [7, 11) is 3.15.